The first-order valence-electron chi connectivity index (χ1n) is 5.92. The molecule has 1 nitrogen and oxygen atoms in total. The molecule has 0 amide bonds. The lowest BCUT2D eigenvalue weighted by molar-refractivity contribution is 0.414. The Kier molecular flexibility index (Phi) is 5.38. The van der Waals surface area contributed by atoms with Crippen molar-refractivity contribution in [3.8, 4) is 17.6 Å². The van der Waals surface area contributed by atoms with Crippen molar-refractivity contribution in [2.75, 3.05) is 7.11 Å². The summed E-state index contributed by atoms with van der Waals surface area (Å²) in [5.41, 5.74) is 1.13. The highest BCUT2D eigenvalue weighted by atomic mass is 35.5. The monoisotopic (exact) mass is 250 g/mol. The van der Waals surface area contributed by atoms with Gasteiger partial charge in [-0.05, 0) is 23.6 Å². The van der Waals surface area contributed by atoms with Gasteiger partial charge in [0.1, 0.15) is 5.75 Å². The first-order chi connectivity index (χ1) is 8.10. The fourth-order valence-electron chi connectivity index (χ4n) is 1.66. The Morgan fingerprint density at radius 3 is 2.59 bits per heavy atom. The van der Waals surface area contributed by atoms with Gasteiger partial charge in [0.05, 0.1) is 7.11 Å². The van der Waals surface area contributed by atoms with Crippen molar-refractivity contribution in [2.24, 2.45) is 5.92 Å². The van der Waals surface area contributed by atoms with Crippen molar-refractivity contribution in [2.45, 2.75) is 33.1 Å². The average molecular weight is 251 g/mol. The third-order valence-electron chi connectivity index (χ3n) is 2.95. The van der Waals surface area contributed by atoms with E-state index >= 15 is 0 Å². The predicted octanol–water partition coefficient (Wildman–Crippen LogP) is 4.50. The van der Waals surface area contributed by atoms with E-state index in [9.17, 15) is 0 Å². The maximum Gasteiger partial charge on any atom is 0.120 e. The second-order valence-corrected chi connectivity index (χ2v) is 4.55. The van der Waals surface area contributed by atoms with Crippen LogP contribution in [0.3, 0.4) is 0 Å². The Morgan fingerprint density at radius 2 is 2.06 bits per heavy atom. The molecule has 0 saturated heterocycles. The number of benzene rings is 1. The first kappa shape index (κ1) is 13.9. The minimum atomic E-state index is 0.306. The second kappa shape index (κ2) is 6.57. The molecule has 0 spiro atoms. The van der Waals surface area contributed by atoms with Crippen molar-refractivity contribution in [3.63, 3.8) is 0 Å². The van der Waals surface area contributed by atoms with E-state index in [0.717, 1.165) is 22.8 Å². The molecule has 0 aliphatic carbocycles. The van der Waals surface area contributed by atoms with Gasteiger partial charge in [-0.3, -0.25) is 0 Å². The standard InChI is InChI=1S/C15H19ClO/c1-5-6-7-11(2)12(3)14-9-8-13(17-4)10-15(14)16/h8-12H,5H2,1-4H3. The Balaban J connectivity index is 2.92. The summed E-state index contributed by atoms with van der Waals surface area (Å²) in [6.07, 6.45) is 0.896. The fourth-order valence-corrected chi connectivity index (χ4v) is 2.00. The third-order valence-corrected chi connectivity index (χ3v) is 3.28. The van der Waals surface area contributed by atoms with Crippen LogP contribution in [0, 0.1) is 17.8 Å². The molecule has 1 aromatic rings. The van der Waals surface area contributed by atoms with Crippen molar-refractivity contribution in [1.82, 2.24) is 0 Å². The number of rotatable bonds is 3. The van der Waals surface area contributed by atoms with E-state index in [-0.39, 0.29) is 0 Å². The number of hydrogen-bond acceptors (Lipinski definition) is 1. The van der Waals surface area contributed by atoms with Gasteiger partial charge in [-0.15, -0.1) is 5.92 Å². The Bertz CT molecular complexity index is 428. The van der Waals surface area contributed by atoms with Crippen LogP contribution in [0.1, 0.15) is 38.7 Å². The van der Waals surface area contributed by atoms with Crippen molar-refractivity contribution < 1.29 is 4.74 Å². The molecule has 0 radical (unpaired) electrons. The van der Waals surface area contributed by atoms with Crippen LogP contribution in [-0.4, -0.2) is 7.11 Å². The van der Waals surface area contributed by atoms with Gasteiger partial charge in [0.25, 0.3) is 0 Å². The summed E-state index contributed by atoms with van der Waals surface area (Å²) in [4.78, 5) is 0. The summed E-state index contributed by atoms with van der Waals surface area (Å²) in [5.74, 6) is 7.79. The van der Waals surface area contributed by atoms with Gasteiger partial charge < -0.3 is 4.74 Å². The molecule has 0 aliphatic heterocycles. The van der Waals surface area contributed by atoms with Crippen molar-refractivity contribution in [3.05, 3.63) is 28.8 Å². The van der Waals surface area contributed by atoms with Crippen LogP contribution < -0.4 is 4.74 Å². The minimum absolute atomic E-state index is 0.306. The number of methoxy groups -OCH3 is 1. The van der Waals surface area contributed by atoms with Crippen molar-refractivity contribution in [1.29, 1.82) is 0 Å². The summed E-state index contributed by atoms with van der Waals surface area (Å²) in [7, 11) is 1.64. The zero-order valence-electron chi connectivity index (χ0n) is 10.9. The molecular weight excluding hydrogens is 232 g/mol. The van der Waals surface area contributed by atoms with Crippen LogP contribution in [0.5, 0.6) is 5.75 Å². The van der Waals surface area contributed by atoms with Crippen LogP contribution in [0.25, 0.3) is 0 Å². The van der Waals surface area contributed by atoms with Gasteiger partial charge in [-0.2, -0.15) is 0 Å². The summed E-state index contributed by atoms with van der Waals surface area (Å²) in [6, 6.07) is 5.82. The molecule has 2 unspecified atom stereocenters. The maximum atomic E-state index is 6.25. The molecule has 0 saturated carbocycles. The van der Waals surface area contributed by atoms with Crippen LogP contribution in [0.2, 0.25) is 5.02 Å². The van der Waals surface area contributed by atoms with Crippen molar-refractivity contribution >= 4 is 11.6 Å². The topological polar surface area (TPSA) is 9.23 Å². The molecule has 0 heterocycles. The molecule has 2 atom stereocenters. The quantitative estimate of drug-likeness (QED) is 0.718. The lowest BCUT2D eigenvalue weighted by Gasteiger charge is -2.17. The SMILES string of the molecule is CCC#CC(C)C(C)c1ccc(OC)cc1Cl. The fraction of sp³-hybridized carbons (Fsp3) is 0.467. The van der Waals surface area contributed by atoms with E-state index < -0.39 is 0 Å². The second-order valence-electron chi connectivity index (χ2n) is 4.14. The highest BCUT2D eigenvalue weighted by molar-refractivity contribution is 6.31. The van der Waals surface area contributed by atoms with Gasteiger partial charge in [-0.25, -0.2) is 0 Å². The van der Waals surface area contributed by atoms with E-state index in [2.05, 4.69) is 32.6 Å². The zero-order chi connectivity index (χ0) is 12.8. The van der Waals surface area contributed by atoms with E-state index in [0.29, 0.717) is 11.8 Å². The molecule has 1 aromatic carbocycles. The number of hydrogen-bond donors (Lipinski definition) is 0. The first-order valence-corrected chi connectivity index (χ1v) is 6.29. The maximum absolute atomic E-state index is 6.25. The van der Waals surface area contributed by atoms with Crippen LogP contribution in [0.15, 0.2) is 18.2 Å². The zero-order valence-corrected chi connectivity index (χ0v) is 11.6. The van der Waals surface area contributed by atoms with Crippen LogP contribution in [-0.2, 0) is 0 Å². The van der Waals surface area contributed by atoms with E-state index in [1.54, 1.807) is 7.11 Å². The summed E-state index contributed by atoms with van der Waals surface area (Å²) < 4.78 is 5.14. The Morgan fingerprint density at radius 1 is 1.35 bits per heavy atom. The molecule has 0 fully saturated rings. The van der Waals surface area contributed by atoms with Gasteiger partial charge in [0.2, 0.25) is 0 Å². The molecule has 92 valence electrons. The van der Waals surface area contributed by atoms with Gasteiger partial charge in [0, 0.05) is 17.4 Å². The molecule has 0 N–H and O–H groups in total. The van der Waals surface area contributed by atoms with Crippen LogP contribution in [0.4, 0.5) is 0 Å². The predicted molar refractivity (Wildman–Crippen MR) is 73.7 cm³/mol. The van der Waals surface area contributed by atoms with Gasteiger partial charge in [-0.1, -0.05) is 44.4 Å². The van der Waals surface area contributed by atoms with Gasteiger partial charge >= 0.3 is 0 Å². The van der Waals surface area contributed by atoms with E-state index in [1.807, 2.05) is 18.2 Å². The Hall–Kier alpha value is -1.13. The van der Waals surface area contributed by atoms with Crippen LogP contribution >= 0.6 is 11.6 Å². The van der Waals surface area contributed by atoms with E-state index in [1.165, 1.54) is 0 Å². The smallest absolute Gasteiger partial charge is 0.120 e. The Labute approximate surface area is 109 Å². The average Bonchev–Trinajstić information content (AvgIpc) is 2.34. The molecule has 2 heteroatoms. The molecule has 1 rings (SSSR count). The number of ether oxygens (including phenoxy) is 1. The van der Waals surface area contributed by atoms with E-state index in [4.69, 9.17) is 16.3 Å². The molecule has 17 heavy (non-hydrogen) atoms. The number of halogens is 1. The lowest BCUT2D eigenvalue weighted by atomic mass is 9.89. The molecular formula is C15H19ClO. The summed E-state index contributed by atoms with van der Waals surface area (Å²) in [6.45, 7) is 6.35. The summed E-state index contributed by atoms with van der Waals surface area (Å²) >= 11 is 6.25. The molecule has 0 aliphatic rings. The highest BCUT2D eigenvalue weighted by Crippen LogP contribution is 2.32. The summed E-state index contributed by atoms with van der Waals surface area (Å²) in [5, 5.41) is 0.752. The largest absolute Gasteiger partial charge is 0.497 e. The highest BCUT2D eigenvalue weighted by Gasteiger charge is 2.15. The minimum Gasteiger partial charge on any atom is -0.497 e. The lowest BCUT2D eigenvalue weighted by Crippen LogP contribution is -2.04. The third kappa shape index (κ3) is 3.68. The van der Waals surface area contributed by atoms with Gasteiger partial charge in [0.15, 0.2) is 0 Å². The normalized spacial score (nSPS) is 13.5. The molecule has 0 bridgehead atoms. The molecule has 0 aromatic heterocycles.